The number of hydrogen-bond acceptors (Lipinski definition) is 2. The van der Waals surface area contributed by atoms with Crippen LogP contribution >= 0.6 is 27.5 Å². The van der Waals surface area contributed by atoms with Gasteiger partial charge in [0.1, 0.15) is 0 Å². The molecule has 0 fully saturated rings. The van der Waals surface area contributed by atoms with Crippen LogP contribution in [-0.2, 0) is 13.2 Å². The molecule has 0 amide bonds. The highest BCUT2D eigenvalue weighted by molar-refractivity contribution is 9.10. The van der Waals surface area contributed by atoms with Gasteiger partial charge in [0.25, 0.3) is 0 Å². The highest BCUT2D eigenvalue weighted by atomic mass is 79.9. The van der Waals surface area contributed by atoms with Crippen LogP contribution in [0, 0.1) is 0 Å². The molecule has 100 valence electrons. The smallest absolute Gasteiger partial charge is 0.0682 e. The van der Waals surface area contributed by atoms with Crippen molar-refractivity contribution in [3.05, 3.63) is 63.1 Å². The molecule has 19 heavy (non-hydrogen) atoms. The van der Waals surface area contributed by atoms with Gasteiger partial charge in [-0.05, 0) is 35.4 Å². The first-order chi connectivity index (χ1) is 9.10. The van der Waals surface area contributed by atoms with Crippen molar-refractivity contribution in [3.8, 4) is 0 Å². The summed E-state index contributed by atoms with van der Waals surface area (Å²) in [6.07, 6.45) is 0. The molecule has 0 saturated heterocycles. The van der Waals surface area contributed by atoms with Crippen molar-refractivity contribution in [2.24, 2.45) is 0 Å². The quantitative estimate of drug-likeness (QED) is 0.900. The Morgan fingerprint density at radius 1 is 1.11 bits per heavy atom. The maximum atomic E-state index is 9.08. The van der Waals surface area contributed by atoms with E-state index in [2.05, 4.69) is 33.0 Å². The van der Waals surface area contributed by atoms with E-state index in [-0.39, 0.29) is 6.61 Å². The summed E-state index contributed by atoms with van der Waals surface area (Å²) in [5.74, 6) is 0. The van der Waals surface area contributed by atoms with Crippen LogP contribution in [0.5, 0.6) is 0 Å². The fourth-order valence-electron chi connectivity index (χ4n) is 1.91. The van der Waals surface area contributed by atoms with Gasteiger partial charge in [-0.25, -0.2) is 0 Å². The summed E-state index contributed by atoms with van der Waals surface area (Å²) in [4.78, 5) is 2.09. The molecule has 0 aliphatic heterocycles. The van der Waals surface area contributed by atoms with Crippen LogP contribution in [-0.4, -0.2) is 12.2 Å². The summed E-state index contributed by atoms with van der Waals surface area (Å²) in [6.45, 7) is 0.794. The van der Waals surface area contributed by atoms with Gasteiger partial charge in [-0.1, -0.05) is 45.7 Å². The fraction of sp³-hybridized carbons (Fsp3) is 0.200. The molecule has 0 heterocycles. The maximum Gasteiger partial charge on any atom is 0.0682 e. The molecule has 0 aliphatic rings. The first kappa shape index (κ1) is 14.4. The van der Waals surface area contributed by atoms with E-state index in [9.17, 15) is 0 Å². The lowest BCUT2D eigenvalue weighted by Crippen LogP contribution is -2.16. The van der Waals surface area contributed by atoms with Gasteiger partial charge in [0.05, 0.1) is 17.3 Å². The van der Waals surface area contributed by atoms with Gasteiger partial charge >= 0.3 is 0 Å². The van der Waals surface area contributed by atoms with E-state index in [1.54, 1.807) is 6.07 Å². The molecule has 4 heteroatoms. The number of halogens is 2. The van der Waals surface area contributed by atoms with Gasteiger partial charge in [0, 0.05) is 18.1 Å². The lowest BCUT2D eigenvalue weighted by Gasteiger charge is -2.21. The SMILES string of the molecule is CN(Cc1ccc(Br)cc1)c1ccc(CO)cc1Cl. The van der Waals surface area contributed by atoms with Crippen LogP contribution in [0.25, 0.3) is 0 Å². The number of rotatable bonds is 4. The lowest BCUT2D eigenvalue weighted by molar-refractivity contribution is 0.282. The summed E-state index contributed by atoms with van der Waals surface area (Å²) in [5.41, 5.74) is 3.00. The molecule has 0 atom stereocenters. The Morgan fingerprint density at radius 3 is 2.32 bits per heavy atom. The Balaban J connectivity index is 2.15. The molecule has 2 nitrogen and oxygen atoms in total. The average molecular weight is 341 g/mol. The van der Waals surface area contributed by atoms with E-state index < -0.39 is 0 Å². The molecule has 0 radical (unpaired) electrons. The van der Waals surface area contributed by atoms with Crippen LogP contribution < -0.4 is 4.90 Å². The standard InChI is InChI=1S/C15H15BrClNO/c1-18(9-11-2-5-13(16)6-3-11)15-7-4-12(10-19)8-14(15)17/h2-8,19H,9-10H2,1H3. The first-order valence-corrected chi connectivity index (χ1v) is 7.12. The van der Waals surface area contributed by atoms with Crippen LogP contribution in [0.15, 0.2) is 46.9 Å². The van der Waals surface area contributed by atoms with Gasteiger partial charge in [-0.3, -0.25) is 0 Å². The lowest BCUT2D eigenvalue weighted by atomic mass is 10.1. The van der Waals surface area contributed by atoms with Crippen molar-refractivity contribution in [1.82, 2.24) is 0 Å². The third-order valence-corrected chi connectivity index (χ3v) is 3.77. The van der Waals surface area contributed by atoms with E-state index in [1.165, 1.54) is 5.56 Å². The zero-order chi connectivity index (χ0) is 13.8. The zero-order valence-electron chi connectivity index (χ0n) is 10.6. The second-order valence-electron chi connectivity index (χ2n) is 4.43. The molecule has 1 N–H and O–H groups in total. The number of hydrogen-bond donors (Lipinski definition) is 1. The third kappa shape index (κ3) is 3.72. The second kappa shape index (κ2) is 6.42. The van der Waals surface area contributed by atoms with Gasteiger partial charge in [0.2, 0.25) is 0 Å². The molecule has 0 unspecified atom stereocenters. The third-order valence-electron chi connectivity index (χ3n) is 2.94. The summed E-state index contributed by atoms with van der Waals surface area (Å²) in [7, 11) is 2.00. The van der Waals surface area contributed by atoms with Crippen LogP contribution in [0.3, 0.4) is 0 Å². The Kier molecular flexibility index (Phi) is 4.86. The summed E-state index contributed by atoms with van der Waals surface area (Å²) < 4.78 is 1.07. The number of nitrogens with zero attached hydrogens (tertiary/aromatic N) is 1. The molecular formula is C15H15BrClNO. The minimum absolute atomic E-state index is 0.0103. The van der Waals surface area contributed by atoms with Crippen molar-refractivity contribution < 1.29 is 5.11 Å². The maximum absolute atomic E-state index is 9.08. The number of aliphatic hydroxyl groups is 1. The van der Waals surface area contributed by atoms with Gasteiger partial charge in [-0.2, -0.15) is 0 Å². The van der Waals surface area contributed by atoms with Crippen LogP contribution in [0.1, 0.15) is 11.1 Å². The van der Waals surface area contributed by atoms with Crippen molar-refractivity contribution in [1.29, 1.82) is 0 Å². The van der Waals surface area contributed by atoms with E-state index in [0.717, 1.165) is 22.3 Å². The monoisotopic (exact) mass is 339 g/mol. The zero-order valence-corrected chi connectivity index (χ0v) is 12.9. The van der Waals surface area contributed by atoms with Crippen molar-refractivity contribution in [3.63, 3.8) is 0 Å². The Hall–Kier alpha value is -1.03. The van der Waals surface area contributed by atoms with Crippen molar-refractivity contribution in [2.75, 3.05) is 11.9 Å². The van der Waals surface area contributed by atoms with E-state index in [4.69, 9.17) is 16.7 Å². The minimum atomic E-state index is 0.0103. The van der Waals surface area contributed by atoms with Crippen LogP contribution in [0.2, 0.25) is 5.02 Å². The predicted octanol–water partition coefficient (Wildman–Crippen LogP) is 4.23. The highest BCUT2D eigenvalue weighted by Gasteiger charge is 2.07. The van der Waals surface area contributed by atoms with Gasteiger partial charge in [0.15, 0.2) is 0 Å². The summed E-state index contributed by atoms with van der Waals surface area (Å²) in [6, 6.07) is 13.8. The largest absolute Gasteiger partial charge is 0.392 e. The molecule has 0 saturated carbocycles. The van der Waals surface area contributed by atoms with Crippen molar-refractivity contribution in [2.45, 2.75) is 13.2 Å². The number of aliphatic hydroxyl groups excluding tert-OH is 1. The summed E-state index contributed by atoms with van der Waals surface area (Å²) >= 11 is 9.66. The minimum Gasteiger partial charge on any atom is -0.392 e. The molecule has 2 rings (SSSR count). The topological polar surface area (TPSA) is 23.5 Å². The highest BCUT2D eigenvalue weighted by Crippen LogP contribution is 2.27. The number of benzene rings is 2. The van der Waals surface area contributed by atoms with E-state index in [1.807, 2.05) is 31.3 Å². The fourth-order valence-corrected chi connectivity index (χ4v) is 2.52. The van der Waals surface area contributed by atoms with Crippen LogP contribution in [0.4, 0.5) is 5.69 Å². The Labute approximate surface area is 126 Å². The second-order valence-corrected chi connectivity index (χ2v) is 5.75. The van der Waals surface area contributed by atoms with Gasteiger partial charge < -0.3 is 10.0 Å². The first-order valence-electron chi connectivity index (χ1n) is 5.95. The van der Waals surface area contributed by atoms with E-state index in [0.29, 0.717) is 5.02 Å². The van der Waals surface area contributed by atoms with Gasteiger partial charge in [-0.15, -0.1) is 0 Å². The Bertz CT molecular complexity index is 557. The molecule has 0 aromatic heterocycles. The molecular weight excluding hydrogens is 326 g/mol. The normalized spacial score (nSPS) is 10.5. The predicted molar refractivity (Wildman–Crippen MR) is 83.6 cm³/mol. The number of anilines is 1. The molecule has 0 bridgehead atoms. The molecule has 2 aromatic rings. The Morgan fingerprint density at radius 2 is 1.74 bits per heavy atom. The average Bonchev–Trinajstić information content (AvgIpc) is 2.41. The molecule has 2 aromatic carbocycles. The van der Waals surface area contributed by atoms with E-state index >= 15 is 0 Å². The van der Waals surface area contributed by atoms with Crippen molar-refractivity contribution >= 4 is 33.2 Å². The summed E-state index contributed by atoms with van der Waals surface area (Å²) in [5, 5.41) is 9.73. The molecule has 0 spiro atoms. The molecule has 0 aliphatic carbocycles.